The lowest BCUT2D eigenvalue weighted by atomic mass is 9.93. The van der Waals surface area contributed by atoms with Crippen LogP contribution in [0.2, 0.25) is 0 Å². The van der Waals surface area contributed by atoms with Crippen LogP contribution in [0.4, 0.5) is 16.3 Å². The molecule has 0 spiro atoms. The van der Waals surface area contributed by atoms with Gasteiger partial charge in [-0.25, -0.2) is 4.79 Å². The van der Waals surface area contributed by atoms with Gasteiger partial charge >= 0.3 is 23.8 Å². The zero-order valence-electron chi connectivity index (χ0n) is 38.8. The molecule has 18 nitrogen and oxygen atoms in total. The van der Waals surface area contributed by atoms with Gasteiger partial charge in [0.25, 0.3) is 0 Å². The fraction of sp³-hybridized carbons (Fsp3) is 0.489. The maximum atomic E-state index is 13.4. The molecule has 18 heteroatoms. The third-order valence-corrected chi connectivity index (χ3v) is 10.9. The lowest BCUT2D eigenvalue weighted by molar-refractivity contribution is -0.385. The predicted octanol–water partition coefficient (Wildman–Crippen LogP) is 7.71. The van der Waals surface area contributed by atoms with Crippen LogP contribution in [0.1, 0.15) is 87.2 Å². The number of unbranched alkanes of at least 4 members (excludes halogenated alkanes) is 1. The summed E-state index contributed by atoms with van der Waals surface area (Å²) in [5.74, 6) is -0.637. The molecule has 0 radical (unpaired) electrons. The molecule has 1 fully saturated rings. The topological polar surface area (TPSA) is 206 Å². The number of nitrogens with zero attached hydrogens (tertiary/aromatic N) is 5. The van der Waals surface area contributed by atoms with Gasteiger partial charge in [0, 0.05) is 62.0 Å². The average Bonchev–Trinajstić information content (AvgIpc) is 3.28. The van der Waals surface area contributed by atoms with Crippen molar-refractivity contribution >= 4 is 23.6 Å². The standard InChI is InChI=1S/C47H62N6O12/c1-10-11-22-64-45-49-41(37(44(54)55)24-31-13-12-30(23-38(31)61-7)27-51-20-18-34(19-21-51)48-46(56)65-47(2,3)4)42(53(57)58)43(50-45)52(28-32-14-16-35(59-5)25-39(32)62-8)29-33-15-17-36(60-6)26-40(33)63-9/h12-17,23,25-26,34,37H,10-11,18-22,24,27-29H2,1-9H3,(H,48,56)(H,54,55). The molecule has 2 heterocycles. The van der Waals surface area contributed by atoms with Crippen LogP contribution in [0.3, 0.4) is 0 Å². The summed E-state index contributed by atoms with van der Waals surface area (Å²) < 4.78 is 39.6. The van der Waals surface area contributed by atoms with E-state index in [1.165, 1.54) is 35.5 Å². The van der Waals surface area contributed by atoms with Crippen molar-refractivity contribution < 1.29 is 52.8 Å². The highest BCUT2D eigenvalue weighted by molar-refractivity contribution is 5.80. The highest BCUT2D eigenvalue weighted by atomic mass is 16.6. The van der Waals surface area contributed by atoms with E-state index in [0.717, 1.165) is 37.9 Å². The summed E-state index contributed by atoms with van der Waals surface area (Å²) in [6.07, 6.45) is 2.28. The number of piperidine rings is 1. The van der Waals surface area contributed by atoms with Gasteiger partial charge in [-0.2, -0.15) is 9.97 Å². The minimum Gasteiger partial charge on any atom is -0.497 e. The van der Waals surface area contributed by atoms with Crippen molar-refractivity contribution in [2.45, 2.75) is 97.0 Å². The Morgan fingerprint density at radius 2 is 1.43 bits per heavy atom. The van der Waals surface area contributed by atoms with Crippen molar-refractivity contribution in [3.63, 3.8) is 0 Å². The first-order valence-corrected chi connectivity index (χ1v) is 21.6. The van der Waals surface area contributed by atoms with E-state index in [9.17, 15) is 24.8 Å². The molecule has 65 heavy (non-hydrogen) atoms. The fourth-order valence-corrected chi connectivity index (χ4v) is 7.58. The van der Waals surface area contributed by atoms with E-state index in [0.29, 0.717) is 58.4 Å². The lowest BCUT2D eigenvalue weighted by Crippen LogP contribution is -2.45. The lowest BCUT2D eigenvalue weighted by Gasteiger charge is -2.33. The number of methoxy groups -OCH3 is 5. The van der Waals surface area contributed by atoms with Crippen LogP contribution in [-0.2, 0) is 35.6 Å². The molecule has 1 atom stereocenters. The Balaban J connectivity index is 1.54. The molecule has 1 aromatic heterocycles. The molecule has 0 saturated carbocycles. The minimum absolute atomic E-state index is 0.00230. The van der Waals surface area contributed by atoms with Crippen molar-refractivity contribution in [2.75, 3.05) is 60.1 Å². The van der Waals surface area contributed by atoms with Gasteiger partial charge in [-0.05, 0) is 87.9 Å². The molecule has 3 aromatic carbocycles. The number of hydrogen-bond acceptors (Lipinski definition) is 15. The predicted molar refractivity (Wildman–Crippen MR) is 243 cm³/mol. The van der Waals surface area contributed by atoms with Crippen LogP contribution < -0.4 is 38.6 Å². The van der Waals surface area contributed by atoms with E-state index in [-0.39, 0.29) is 49.7 Å². The van der Waals surface area contributed by atoms with Crippen LogP contribution in [0.25, 0.3) is 0 Å². The number of amides is 1. The first-order valence-electron chi connectivity index (χ1n) is 21.6. The van der Waals surface area contributed by atoms with Crippen molar-refractivity contribution in [2.24, 2.45) is 0 Å². The quantitative estimate of drug-likeness (QED) is 0.0440. The molecule has 1 unspecified atom stereocenters. The second-order valence-corrected chi connectivity index (χ2v) is 16.7. The SMILES string of the molecule is CCCCOc1nc(C(Cc2ccc(CN3CCC(NC(=O)OC(C)(C)C)CC3)cc2OC)C(=O)O)c([N+](=O)[O-])c(N(Cc2ccc(OC)cc2OC)Cc2ccc(OC)cc2OC)n1. The zero-order chi connectivity index (χ0) is 47.3. The van der Waals surface area contributed by atoms with E-state index in [1.54, 1.807) is 47.4 Å². The summed E-state index contributed by atoms with van der Waals surface area (Å²) in [6, 6.07) is 15.8. The number of nitrogens with one attached hydrogen (secondary N) is 1. The van der Waals surface area contributed by atoms with Crippen molar-refractivity contribution in [1.29, 1.82) is 0 Å². The molecule has 352 valence electrons. The smallest absolute Gasteiger partial charge is 0.407 e. The van der Waals surface area contributed by atoms with Crippen LogP contribution in [0.15, 0.2) is 54.6 Å². The van der Waals surface area contributed by atoms with E-state index in [4.69, 9.17) is 33.2 Å². The zero-order valence-corrected chi connectivity index (χ0v) is 38.8. The Morgan fingerprint density at radius 3 is 1.94 bits per heavy atom. The molecule has 1 aliphatic rings. The number of anilines is 1. The maximum Gasteiger partial charge on any atom is 0.407 e. The summed E-state index contributed by atoms with van der Waals surface area (Å²) >= 11 is 0. The van der Waals surface area contributed by atoms with Crippen LogP contribution in [-0.4, -0.2) is 104 Å². The number of nitro groups is 1. The third kappa shape index (κ3) is 13.5. The van der Waals surface area contributed by atoms with Crippen LogP contribution >= 0.6 is 0 Å². The van der Waals surface area contributed by atoms with Gasteiger partial charge in [-0.1, -0.05) is 25.5 Å². The second-order valence-electron chi connectivity index (χ2n) is 16.7. The van der Waals surface area contributed by atoms with Gasteiger partial charge in [-0.15, -0.1) is 0 Å². The van der Waals surface area contributed by atoms with E-state index in [1.807, 2.05) is 39.8 Å². The monoisotopic (exact) mass is 902 g/mol. The number of hydrogen-bond donors (Lipinski definition) is 2. The number of carbonyl (C=O) groups is 2. The van der Waals surface area contributed by atoms with Crippen molar-refractivity contribution in [1.82, 2.24) is 20.2 Å². The molecule has 2 N–H and O–H groups in total. The minimum atomic E-state index is -1.53. The number of carboxylic acid groups (broad SMARTS) is 1. The van der Waals surface area contributed by atoms with Gasteiger partial charge in [0.15, 0.2) is 0 Å². The molecule has 1 saturated heterocycles. The summed E-state index contributed by atoms with van der Waals surface area (Å²) in [5.41, 5.74) is 1.18. The summed E-state index contributed by atoms with van der Waals surface area (Å²) in [7, 11) is 7.58. The first-order chi connectivity index (χ1) is 31.1. The highest BCUT2D eigenvalue weighted by Gasteiger charge is 2.38. The first kappa shape index (κ1) is 49.5. The number of carbonyl (C=O) groups excluding carboxylic acids is 1. The number of carboxylic acids is 1. The van der Waals surface area contributed by atoms with Crippen LogP contribution in [0, 0.1) is 10.1 Å². The summed E-state index contributed by atoms with van der Waals surface area (Å²) in [6.45, 7) is 9.75. The molecular weight excluding hydrogens is 841 g/mol. The van der Waals surface area contributed by atoms with Gasteiger partial charge in [0.1, 0.15) is 46.0 Å². The molecule has 0 bridgehead atoms. The number of aromatic nitrogens is 2. The van der Waals surface area contributed by atoms with Crippen LogP contribution in [0.5, 0.6) is 34.8 Å². The van der Waals surface area contributed by atoms with Gasteiger partial charge in [0.2, 0.25) is 5.82 Å². The second kappa shape index (κ2) is 22.9. The highest BCUT2D eigenvalue weighted by Crippen LogP contribution is 2.41. The largest absolute Gasteiger partial charge is 0.497 e. The fourth-order valence-electron chi connectivity index (χ4n) is 7.58. The maximum absolute atomic E-state index is 13.4. The number of likely N-dealkylation sites (tertiary alicyclic amines) is 1. The average molecular weight is 903 g/mol. The summed E-state index contributed by atoms with van der Waals surface area (Å²) in [5, 5.41) is 27.3. The number of rotatable bonds is 22. The number of ether oxygens (including phenoxy) is 7. The third-order valence-electron chi connectivity index (χ3n) is 10.9. The van der Waals surface area contributed by atoms with Gasteiger partial charge in [0.05, 0.1) is 47.1 Å². The molecule has 1 amide bonds. The molecule has 5 rings (SSSR count). The Hall–Kier alpha value is -6.56. The molecule has 1 aliphatic heterocycles. The Kier molecular flexibility index (Phi) is 17.4. The number of alkyl carbamates (subject to hydrolysis) is 1. The Morgan fingerprint density at radius 1 is 0.862 bits per heavy atom. The van der Waals surface area contributed by atoms with Crippen molar-refractivity contribution in [3.8, 4) is 34.8 Å². The molecular formula is C47H62N6O12. The molecule has 4 aromatic rings. The number of benzene rings is 3. The Bertz CT molecular complexity index is 2200. The van der Waals surface area contributed by atoms with Gasteiger partial charge in [-0.3, -0.25) is 19.8 Å². The van der Waals surface area contributed by atoms with E-state index >= 15 is 0 Å². The van der Waals surface area contributed by atoms with Crippen molar-refractivity contribution in [3.05, 3.63) is 92.7 Å². The normalized spacial score (nSPS) is 13.6. The van der Waals surface area contributed by atoms with E-state index < -0.39 is 34.2 Å². The number of aliphatic carboxylic acids is 1. The Labute approximate surface area is 380 Å². The van der Waals surface area contributed by atoms with E-state index in [2.05, 4.69) is 20.2 Å². The molecule has 0 aliphatic carbocycles. The summed E-state index contributed by atoms with van der Waals surface area (Å²) in [4.78, 5) is 51.6. The van der Waals surface area contributed by atoms with Gasteiger partial charge < -0.3 is 48.5 Å².